The molecular formula is C48H90O45. The molecule has 34 N–H and O–H groups in total. The van der Waals surface area contributed by atoms with Crippen LogP contribution in [0.2, 0.25) is 0 Å². The van der Waals surface area contributed by atoms with Gasteiger partial charge < -0.3 is 226 Å². The van der Waals surface area contributed by atoms with Crippen LogP contribution >= 0.6 is 0 Å². The van der Waals surface area contributed by atoms with Crippen molar-refractivity contribution >= 4 is 18.9 Å². The molecule has 0 aliphatic carbocycles. The molecule has 5 rings (SSSR count). The van der Waals surface area contributed by atoms with E-state index >= 15 is 0 Å². The maximum Gasteiger partial charge on any atom is 0.187 e. The molecular weight excluding hydrogens is 1300 g/mol. The first-order valence-electron chi connectivity index (χ1n) is 27.6. The van der Waals surface area contributed by atoms with Crippen LogP contribution in [0.5, 0.6) is 0 Å². The average molecular weight is 1390 g/mol. The zero-order chi connectivity index (χ0) is 71.8. The summed E-state index contributed by atoms with van der Waals surface area (Å²) < 4.78 is 40.5. The third-order valence-corrected chi connectivity index (χ3v) is 14.3. The Morgan fingerprint density at radius 3 is 0.806 bits per heavy atom. The second-order valence-corrected chi connectivity index (χ2v) is 21.0. The normalized spacial score (nSPS) is 40.1. The van der Waals surface area contributed by atoms with E-state index in [9.17, 15) is 117 Å². The van der Waals surface area contributed by atoms with Crippen LogP contribution in [0.15, 0.2) is 0 Å². The zero-order valence-electron chi connectivity index (χ0n) is 48.4. The van der Waals surface area contributed by atoms with Crippen molar-refractivity contribution in [1.82, 2.24) is 0 Å². The fourth-order valence-corrected chi connectivity index (χ4v) is 8.38. The van der Waals surface area contributed by atoms with Gasteiger partial charge in [-0.2, -0.15) is 0 Å². The van der Waals surface area contributed by atoms with E-state index in [1.165, 1.54) is 0 Å². The van der Waals surface area contributed by atoms with Crippen molar-refractivity contribution in [3.63, 3.8) is 0 Å². The maximum atomic E-state index is 10.3. The Morgan fingerprint density at radius 2 is 0.548 bits per heavy atom. The summed E-state index contributed by atoms with van der Waals surface area (Å²) in [4.78, 5) is 30.1. The Bertz CT molecular complexity index is 1900. The van der Waals surface area contributed by atoms with Crippen LogP contribution in [0.25, 0.3) is 0 Å². The minimum atomic E-state index is -1.96. The average Bonchev–Trinajstić information content (AvgIpc) is 0.838. The topological polar surface area (TPSA) is 813 Å². The van der Waals surface area contributed by atoms with E-state index in [-0.39, 0.29) is 18.9 Å². The molecule has 5 fully saturated rings. The highest BCUT2D eigenvalue weighted by atomic mass is 16.7. The Morgan fingerprint density at radius 1 is 0.290 bits per heavy atom. The molecule has 0 aromatic carbocycles. The lowest BCUT2D eigenvalue weighted by molar-refractivity contribution is -0.355. The van der Waals surface area contributed by atoms with Gasteiger partial charge in [0.15, 0.2) is 50.3 Å². The standard InChI is InChI=1S/3C12H22O11.2C6H12O6/c2*13-1-3-5(15)6(16)9(19)12(22-3)23-10-4(2-14)21-11(20)8(18)7(10)17;13-1-4(15)7(17)8(18)5(16)3-22-12-11(21)10(20)9(19)6(2-14)23-12;2*7-1-3(9)5(11)6(12)4(10)2-8/h2*3-20H,1-2H2;1,4-12,14-21H,2-3H2;2*1,3-6,8-12H,2H2/t2*3-,4-,5-,6+,7-,8-,9-,10-,11-,12-;4-,5+,6+,7+,8+,9+,10-,11+,12-;2*3-,4+,5+,6+/m11000/s1. The summed E-state index contributed by atoms with van der Waals surface area (Å²) in [7, 11) is 0. The van der Waals surface area contributed by atoms with Crippen LogP contribution in [0.4, 0.5) is 0 Å². The summed E-state index contributed by atoms with van der Waals surface area (Å²) in [6.07, 6.45) is -60.1. The molecule has 0 saturated carbocycles. The van der Waals surface area contributed by atoms with Gasteiger partial charge in [-0.25, -0.2) is 0 Å². The van der Waals surface area contributed by atoms with Crippen LogP contribution in [-0.4, -0.2) is 472 Å². The molecule has 45 heteroatoms. The Labute approximate surface area is 523 Å². The molecule has 37 atom stereocenters. The van der Waals surface area contributed by atoms with Crippen LogP contribution in [0.3, 0.4) is 0 Å². The number of aldehydes is 3. The molecule has 45 nitrogen and oxygen atoms in total. The molecule has 0 bridgehead atoms. The summed E-state index contributed by atoms with van der Waals surface area (Å²) in [5, 5.41) is 315. The Kier molecular flexibility index (Phi) is 40.8. The van der Waals surface area contributed by atoms with Crippen molar-refractivity contribution in [2.45, 2.75) is 227 Å². The van der Waals surface area contributed by atoms with Gasteiger partial charge in [-0.15, -0.1) is 0 Å². The van der Waals surface area contributed by atoms with Gasteiger partial charge >= 0.3 is 0 Å². The van der Waals surface area contributed by atoms with E-state index in [4.69, 9.17) is 109 Å². The SMILES string of the molecule is O=C[C@H](O)[C@@H](O)[C@H](O)[C@H](O)CO.O=C[C@H](O)[C@@H](O)[C@H](O)[C@H](O)CO.O=C[C@H](O)[C@@H](O)[C@H](O)[C@H](O)CO[C@H]1O[C@H](CO)[C@@H](O)[C@H](O)[C@H]1O.OC[C@H]1O[C@H](O[C@H]2[C@H](O)[C@@H](O)[C@H](O)O[C@@H]2CO)[C@H](O)[C@@H](O)[C@@H]1O.OC[C@H]1O[C@H](O[C@H]2[C@H](O)[C@@H](O)[C@H](O)O[C@@H]2CO)[C@H](O)[C@@H](O)[C@@H]1O. The monoisotopic (exact) mass is 1390 g/mol. The molecule has 0 unspecified atom stereocenters. The van der Waals surface area contributed by atoms with E-state index in [0.29, 0.717) is 0 Å². The highest BCUT2D eigenvalue weighted by molar-refractivity contribution is 5.57. The minimum Gasteiger partial charge on any atom is -0.394 e. The van der Waals surface area contributed by atoms with Crippen molar-refractivity contribution in [2.24, 2.45) is 0 Å². The number of hydrogen-bond acceptors (Lipinski definition) is 45. The molecule has 5 saturated heterocycles. The lowest BCUT2D eigenvalue weighted by Crippen LogP contribution is -2.64. The van der Waals surface area contributed by atoms with Crippen molar-refractivity contribution in [3.05, 3.63) is 0 Å². The van der Waals surface area contributed by atoms with E-state index in [1.807, 2.05) is 0 Å². The van der Waals surface area contributed by atoms with Gasteiger partial charge in [-0.1, -0.05) is 0 Å². The molecule has 0 spiro atoms. The largest absolute Gasteiger partial charge is 0.394 e. The van der Waals surface area contributed by atoms with Crippen LogP contribution in [0.1, 0.15) is 0 Å². The summed E-state index contributed by atoms with van der Waals surface area (Å²) in [5.74, 6) is 0. The summed E-state index contributed by atoms with van der Waals surface area (Å²) in [5.41, 5.74) is 0. The van der Waals surface area contributed by atoms with Gasteiger partial charge in [0.1, 0.15) is 195 Å². The zero-order valence-corrected chi connectivity index (χ0v) is 48.4. The van der Waals surface area contributed by atoms with Crippen molar-refractivity contribution < 1.29 is 226 Å². The fraction of sp³-hybridized carbons (Fsp3) is 0.938. The third-order valence-electron chi connectivity index (χ3n) is 14.3. The molecule has 5 heterocycles. The predicted molar refractivity (Wildman–Crippen MR) is 281 cm³/mol. The highest BCUT2D eigenvalue weighted by Crippen LogP contribution is 2.31. The third kappa shape index (κ3) is 24.6. The van der Waals surface area contributed by atoms with E-state index < -0.39 is 280 Å². The molecule has 5 aliphatic heterocycles. The fourth-order valence-electron chi connectivity index (χ4n) is 8.38. The number of aliphatic hydroxyl groups excluding tert-OH is 34. The summed E-state index contributed by atoms with van der Waals surface area (Å²) >= 11 is 0. The number of aliphatic hydroxyl groups is 34. The number of ether oxygens (including phenoxy) is 8. The van der Waals surface area contributed by atoms with Crippen molar-refractivity contribution in [2.75, 3.05) is 52.9 Å². The number of rotatable bonds is 26. The van der Waals surface area contributed by atoms with Crippen LogP contribution in [0, 0.1) is 0 Å². The van der Waals surface area contributed by atoms with Gasteiger partial charge in [0.2, 0.25) is 0 Å². The number of carbonyl (C=O) groups is 3. The first-order chi connectivity index (χ1) is 43.4. The van der Waals surface area contributed by atoms with E-state index in [1.54, 1.807) is 0 Å². The van der Waals surface area contributed by atoms with E-state index in [0.717, 1.165) is 0 Å². The predicted octanol–water partition coefficient (Wildman–Crippen LogP) is -23.1. The highest BCUT2D eigenvalue weighted by Gasteiger charge is 2.53. The first-order valence-corrected chi connectivity index (χ1v) is 27.6. The minimum absolute atomic E-state index is 0.0258. The van der Waals surface area contributed by atoms with Crippen molar-refractivity contribution in [1.29, 1.82) is 0 Å². The maximum absolute atomic E-state index is 10.3. The Hall–Kier alpha value is -2.67. The molecule has 0 amide bonds. The summed E-state index contributed by atoms with van der Waals surface area (Å²) in [6.45, 7) is -5.58. The second kappa shape index (κ2) is 43.0. The van der Waals surface area contributed by atoms with Gasteiger partial charge in [-0.05, 0) is 0 Å². The number of carbonyl (C=O) groups excluding carboxylic acids is 3. The van der Waals surface area contributed by atoms with Crippen LogP contribution in [-0.2, 0) is 52.3 Å². The van der Waals surface area contributed by atoms with Gasteiger partial charge in [0.25, 0.3) is 0 Å². The number of hydrogen-bond donors (Lipinski definition) is 34. The molecule has 0 aromatic heterocycles. The first kappa shape index (κ1) is 88.3. The van der Waals surface area contributed by atoms with Gasteiger partial charge in [0, 0.05) is 0 Å². The quantitative estimate of drug-likeness (QED) is 0.0358. The molecule has 93 heavy (non-hydrogen) atoms. The van der Waals surface area contributed by atoms with Crippen LogP contribution < -0.4 is 0 Å². The van der Waals surface area contributed by atoms with Crippen molar-refractivity contribution in [3.8, 4) is 0 Å². The van der Waals surface area contributed by atoms with Gasteiger partial charge in [0.05, 0.1) is 52.9 Å². The molecule has 0 radical (unpaired) electrons. The smallest absolute Gasteiger partial charge is 0.187 e. The Balaban J connectivity index is 0.000000598. The van der Waals surface area contributed by atoms with E-state index in [2.05, 4.69) is 0 Å². The van der Waals surface area contributed by atoms with Gasteiger partial charge in [-0.3, -0.25) is 0 Å². The lowest BCUT2D eigenvalue weighted by atomic mass is 9.97. The molecule has 552 valence electrons. The lowest BCUT2D eigenvalue weighted by Gasteiger charge is -2.45. The molecule has 0 aromatic rings. The molecule has 5 aliphatic rings. The summed E-state index contributed by atoms with van der Waals surface area (Å²) in [6, 6.07) is 0. The second-order valence-electron chi connectivity index (χ2n) is 21.0.